The van der Waals surface area contributed by atoms with Gasteiger partial charge < -0.3 is 4.90 Å². The lowest BCUT2D eigenvalue weighted by Gasteiger charge is -2.24. The minimum Gasteiger partial charge on any atom is -0.306 e. The lowest BCUT2D eigenvalue weighted by Crippen LogP contribution is -2.27. The van der Waals surface area contributed by atoms with Gasteiger partial charge in [-0.25, -0.2) is 0 Å². The predicted molar refractivity (Wildman–Crippen MR) is 200 cm³/mol. The van der Waals surface area contributed by atoms with Crippen LogP contribution in [0.4, 0.5) is 0 Å². The van der Waals surface area contributed by atoms with Gasteiger partial charge in [0.15, 0.2) is 0 Å². The Morgan fingerprint density at radius 3 is 0.581 bits per heavy atom. The molecule has 260 valence electrons. The van der Waals surface area contributed by atoms with Crippen molar-refractivity contribution in [1.29, 1.82) is 0 Å². The first-order valence-corrected chi connectivity index (χ1v) is 20.9. The molecule has 43 heavy (non-hydrogen) atoms. The van der Waals surface area contributed by atoms with Crippen LogP contribution in [-0.4, -0.2) is 25.0 Å². The number of unbranched alkanes of at least 4 members (excludes halogenated alkanes) is 33. The van der Waals surface area contributed by atoms with Crippen molar-refractivity contribution in [2.45, 2.75) is 257 Å². The average Bonchev–Trinajstić information content (AvgIpc) is 3.00. The highest BCUT2D eigenvalue weighted by molar-refractivity contribution is 4.67. The SMILES string of the molecule is CCCCCCCCCCCCCCCCCCCCCC(CCCCCCCCCCCCCCCCCC)N(C)C. The number of nitrogens with zero attached hydrogens (tertiary/aromatic N) is 1. The Kier molecular flexibility index (Phi) is 38.1. The van der Waals surface area contributed by atoms with Crippen LogP contribution in [0.25, 0.3) is 0 Å². The number of rotatable bonds is 38. The Balaban J connectivity index is 3.35. The van der Waals surface area contributed by atoms with E-state index in [0.717, 1.165) is 6.04 Å². The van der Waals surface area contributed by atoms with Crippen molar-refractivity contribution >= 4 is 0 Å². The smallest absolute Gasteiger partial charge is 0.00891 e. The molecule has 0 bridgehead atoms. The second-order valence-electron chi connectivity index (χ2n) is 14.9. The summed E-state index contributed by atoms with van der Waals surface area (Å²) < 4.78 is 0. The van der Waals surface area contributed by atoms with Crippen molar-refractivity contribution in [3.8, 4) is 0 Å². The minimum absolute atomic E-state index is 0.817. The molecule has 0 aromatic carbocycles. The van der Waals surface area contributed by atoms with Crippen LogP contribution < -0.4 is 0 Å². The first-order chi connectivity index (χ1) is 21.2. The average molecular weight is 606 g/mol. The third-order valence-corrected chi connectivity index (χ3v) is 10.3. The second kappa shape index (κ2) is 38.1. The second-order valence-corrected chi connectivity index (χ2v) is 14.9. The third-order valence-electron chi connectivity index (χ3n) is 10.3. The van der Waals surface area contributed by atoms with Crippen molar-refractivity contribution in [2.75, 3.05) is 14.1 Å². The summed E-state index contributed by atoms with van der Waals surface area (Å²) in [6.07, 6.45) is 54.3. The molecule has 0 aliphatic heterocycles. The Hall–Kier alpha value is -0.0400. The maximum atomic E-state index is 2.51. The van der Waals surface area contributed by atoms with E-state index in [1.54, 1.807) is 0 Å². The fraction of sp³-hybridized carbons (Fsp3) is 1.00. The van der Waals surface area contributed by atoms with Crippen LogP contribution in [0.3, 0.4) is 0 Å². The molecule has 0 radical (unpaired) electrons. The summed E-state index contributed by atoms with van der Waals surface area (Å²) >= 11 is 0. The molecule has 0 aromatic heterocycles. The molecule has 0 saturated carbocycles. The van der Waals surface area contributed by atoms with Crippen molar-refractivity contribution in [3.63, 3.8) is 0 Å². The molecule has 0 rings (SSSR count). The number of hydrogen-bond donors (Lipinski definition) is 0. The highest BCUT2D eigenvalue weighted by Gasteiger charge is 2.10. The fourth-order valence-corrected chi connectivity index (χ4v) is 7.05. The summed E-state index contributed by atoms with van der Waals surface area (Å²) in [6.45, 7) is 4.62. The predicted octanol–water partition coefficient (Wildman–Crippen LogP) is 15.4. The van der Waals surface area contributed by atoms with E-state index in [0.29, 0.717) is 0 Å². The molecule has 0 heterocycles. The van der Waals surface area contributed by atoms with Crippen molar-refractivity contribution in [2.24, 2.45) is 0 Å². The summed E-state index contributed by atoms with van der Waals surface area (Å²) in [7, 11) is 4.62. The van der Waals surface area contributed by atoms with E-state index in [2.05, 4.69) is 32.8 Å². The zero-order valence-electron chi connectivity index (χ0n) is 31.2. The van der Waals surface area contributed by atoms with Crippen LogP contribution in [0.15, 0.2) is 0 Å². The highest BCUT2D eigenvalue weighted by atomic mass is 15.1. The van der Waals surface area contributed by atoms with E-state index >= 15 is 0 Å². The van der Waals surface area contributed by atoms with Gasteiger partial charge in [-0.05, 0) is 26.9 Å². The molecule has 0 saturated heterocycles. The largest absolute Gasteiger partial charge is 0.306 e. The minimum atomic E-state index is 0.817. The molecule has 0 fully saturated rings. The normalized spacial score (nSPS) is 12.5. The highest BCUT2D eigenvalue weighted by Crippen LogP contribution is 2.19. The Morgan fingerprint density at radius 1 is 0.256 bits per heavy atom. The van der Waals surface area contributed by atoms with Crippen LogP contribution in [0.5, 0.6) is 0 Å². The summed E-state index contributed by atoms with van der Waals surface area (Å²) in [5.41, 5.74) is 0. The first-order valence-electron chi connectivity index (χ1n) is 20.9. The van der Waals surface area contributed by atoms with Crippen molar-refractivity contribution < 1.29 is 0 Å². The standard InChI is InChI=1S/C42H87N/c1-5-7-9-11-13-15-17-19-21-23-24-25-27-29-31-33-35-37-39-41-42(43(3)4)40-38-36-34-32-30-28-26-22-20-18-16-14-12-10-8-6-2/h42H,5-41H2,1-4H3. The van der Waals surface area contributed by atoms with Crippen LogP contribution >= 0.6 is 0 Å². The van der Waals surface area contributed by atoms with Gasteiger partial charge in [-0.3, -0.25) is 0 Å². The van der Waals surface area contributed by atoms with Crippen LogP contribution in [0.1, 0.15) is 251 Å². The molecule has 1 heteroatoms. The molecule has 0 spiro atoms. The third kappa shape index (κ3) is 36.3. The zero-order valence-corrected chi connectivity index (χ0v) is 31.2. The summed E-state index contributed by atoms with van der Waals surface area (Å²) in [6, 6.07) is 0.817. The molecule has 0 aliphatic rings. The van der Waals surface area contributed by atoms with Gasteiger partial charge in [0.25, 0.3) is 0 Å². The molecule has 1 atom stereocenters. The molecule has 0 aliphatic carbocycles. The molecule has 0 N–H and O–H groups in total. The van der Waals surface area contributed by atoms with E-state index in [4.69, 9.17) is 0 Å². The van der Waals surface area contributed by atoms with E-state index in [9.17, 15) is 0 Å². The maximum absolute atomic E-state index is 2.51. The van der Waals surface area contributed by atoms with Gasteiger partial charge in [0, 0.05) is 6.04 Å². The van der Waals surface area contributed by atoms with E-state index in [1.807, 2.05) is 0 Å². The zero-order chi connectivity index (χ0) is 31.3. The molecular weight excluding hydrogens is 518 g/mol. The van der Waals surface area contributed by atoms with Gasteiger partial charge in [-0.2, -0.15) is 0 Å². The monoisotopic (exact) mass is 606 g/mol. The van der Waals surface area contributed by atoms with Crippen molar-refractivity contribution in [1.82, 2.24) is 4.90 Å². The van der Waals surface area contributed by atoms with Gasteiger partial charge in [0.2, 0.25) is 0 Å². The lowest BCUT2D eigenvalue weighted by atomic mass is 9.99. The Labute approximate surface area is 275 Å². The van der Waals surface area contributed by atoms with Gasteiger partial charge in [-0.1, -0.05) is 239 Å². The van der Waals surface area contributed by atoms with Crippen molar-refractivity contribution in [3.05, 3.63) is 0 Å². The first kappa shape index (κ1) is 43.0. The Bertz CT molecular complexity index is 472. The quantitative estimate of drug-likeness (QED) is 0.0633. The molecule has 1 nitrogen and oxygen atoms in total. The summed E-state index contributed by atoms with van der Waals surface area (Å²) in [5, 5.41) is 0. The van der Waals surface area contributed by atoms with Gasteiger partial charge >= 0.3 is 0 Å². The van der Waals surface area contributed by atoms with E-state index in [1.165, 1.54) is 238 Å². The van der Waals surface area contributed by atoms with Gasteiger partial charge in [0.05, 0.1) is 0 Å². The van der Waals surface area contributed by atoms with Crippen LogP contribution in [0.2, 0.25) is 0 Å². The van der Waals surface area contributed by atoms with Crippen LogP contribution in [0, 0.1) is 0 Å². The van der Waals surface area contributed by atoms with Crippen LogP contribution in [-0.2, 0) is 0 Å². The van der Waals surface area contributed by atoms with E-state index in [-0.39, 0.29) is 0 Å². The summed E-state index contributed by atoms with van der Waals surface area (Å²) in [4.78, 5) is 2.51. The number of hydrogen-bond acceptors (Lipinski definition) is 1. The molecule has 1 unspecified atom stereocenters. The Morgan fingerprint density at radius 2 is 0.419 bits per heavy atom. The topological polar surface area (TPSA) is 3.24 Å². The lowest BCUT2D eigenvalue weighted by molar-refractivity contribution is 0.251. The van der Waals surface area contributed by atoms with Gasteiger partial charge in [-0.15, -0.1) is 0 Å². The molecule has 0 amide bonds. The molecule has 0 aromatic rings. The van der Waals surface area contributed by atoms with E-state index < -0.39 is 0 Å². The maximum Gasteiger partial charge on any atom is 0.00891 e. The molecular formula is C42H87N. The summed E-state index contributed by atoms with van der Waals surface area (Å²) in [5.74, 6) is 0. The van der Waals surface area contributed by atoms with Gasteiger partial charge in [0.1, 0.15) is 0 Å². The fourth-order valence-electron chi connectivity index (χ4n) is 7.05.